The van der Waals surface area contributed by atoms with Crippen LogP contribution in [0.5, 0.6) is 0 Å². The van der Waals surface area contributed by atoms with Crippen molar-refractivity contribution in [2.75, 3.05) is 7.11 Å². The van der Waals surface area contributed by atoms with Crippen molar-refractivity contribution in [1.29, 1.82) is 0 Å². The summed E-state index contributed by atoms with van der Waals surface area (Å²) in [7, 11) is 1.43. The Balaban J connectivity index is 1.68. The predicted octanol–water partition coefficient (Wildman–Crippen LogP) is 3.86. The third-order valence-electron chi connectivity index (χ3n) is 11.0. The van der Waals surface area contributed by atoms with Gasteiger partial charge >= 0.3 is 5.97 Å². The van der Waals surface area contributed by atoms with Gasteiger partial charge in [0.15, 0.2) is 0 Å². The van der Waals surface area contributed by atoms with Gasteiger partial charge in [-0.1, -0.05) is 20.8 Å². The van der Waals surface area contributed by atoms with Crippen LogP contribution < -0.4 is 5.73 Å². The summed E-state index contributed by atoms with van der Waals surface area (Å²) in [6.07, 6.45) is 7.66. The van der Waals surface area contributed by atoms with Crippen molar-refractivity contribution < 1.29 is 28.6 Å². The minimum atomic E-state index is -0.212. The molecule has 0 saturated heterocycles. The van der Waals surface area contributed by atoms with Crippen LogP contribution in [-0.4, -0.2) is 44.3 Å². The van der Waals surface area contributed by atoms with Gasteiger partial charge in [0.2, 0.25) is 0 Å². The molecule has 0 spiro atoms. The molecule has 11 atom stereocenters. The fourth-order valence-electron chi connectivity index (χ4n) is 9.27. The zero-order valence-electron chi connectivity index (χ0n) is 21.2. The number of carbonyl (C=O) groups is 3. The van der Waals surface area contributed by atoms with Crippen LogP contribution in [-0.2, 0) is 28.6 Å². The van der Waals surface area contributed by atoms with E-state index in [4.69, 9.17) is 19.9 Å². The Morgan fingerprint density at radius 1 is 1.06 bits per heavy atom. The van der Waals surface area contributed by atoms with Gasteiger partial charge in [-0.3, -0.25) is 14.4 Å². The summed E-state index contributed by atoms with van der Waals surface area (Å²) < 4.78 is 16.6. The molecule has 7 heteroatoms. The molecule has 0 unspecified atom stereocenters. The monoisotopic (exact) mass is 477 g/mol. The summed E-state index contributed by atoms with van der Waals surface area (Å²) in [5, 5.41) is 0. The Hall–Kier alpha value is -1.63. The maximum atomic E-state index is 11.8. The van der Waals surface area contributed by atoms with Crippen LogP contribution in [0, 0.1) is 46.3 Å². The molecular formula is C27H43NO6. The molecule has 2 N–H and O–H groups in total. The Labute approximate surface area is 203 Å². The zero-order chi connectivity index (χ0) is 24.7. The highest BCUT2D eigenvalue weighted by atomic mass is 16.5. The number of rotatable bonds is 8. The number of nitrogens with two attached hydrogens (primary N) is 1. The largest absolute Gasteiger partial charge is 0.469 e. The second-order valence-electron chi connectivity index (χ2n) is 12.1. The Morgan fingerprint density at radius 3 is 2.47 bits per heavy atom. The molecule has 4 aliphatic rings. The number of carbonyl (C=O) groups excluding carboxylic acids is 3. The van der Waals surface area contributed by atoms with E-state index < -0.39 is 0 Å². The third-order valence-corrected chi connectivity index (χ3v) is 11.0. The molecule has 0 radical (unpaired) electrons. The molecule has 0 heterocycles. The van der Waals surface area contributed by atoms with Crippen molar-refractivity contribution in [3.63, 3.8) is 0 Å². The average Bonchev–Trinajstić information content (AvgIpc) is 3.17. The Kier molecular flexibility index (Phi) is 7.33. The van der Waals surface area contributed by atoms with Gasteiger partial charge < -0.3 is 19.9 Å². The summed E-state index contributed by atoms with van der Waals surface area (Å²) in [6, 6.07) is 0.203. The summed E-state index contributed by atoms with van der Waals surface area (Å²) in [6.45, 7) is 8.16. The van der Waals surface area contributed by atoms with Gasteiger partial charge in [0.1, 0.15) is 12.2 Å². The topological polar surface area (TPSA) is 105 Å². The van der Waals surface area contributed by atoms with Gasteiger partial charge in [0.25, 0.3) is 12.9 Å². The normalized spacial score (nSPS) is 46.3. The zero-order valence-corrected chi connectivity index (χ0v) is 21.2. The van der Waals surface area contributed by atoms with E-state index in [0.717, 1.165) is 51.4 Å². The van der Waals surface area contributed by atoms with Crippen LogP contribution in [0.2, 0.25) is 0 Å². The number of methoxy groups -OCH3 is 1. The van der Waals surface area contributed by atoms with Gasteiger partial charge in [-0.25, -0.2) is 0 Å². The van der Waals surface area contributed by atoms with Crippen LogP contribution in [0.15, 0.2) is 0 Å². The van der Waals surface area contributed by atoms with Crippen molar-refractivity contribution >= 4 is 18.9 Å². The molecule has 7 nitrogen and oxygen atoms in total. The molecule has 4 saturated carbocycles. The molecule has 34 heavy (non-hydrogen) atoms. The third kappa shape index (κ3) is 4.06. The predicted molar refractivity (Wildman–Crippen MR) is 126 cm³/mol. The molecule has 0 bridgehead atoms. The first-order chi connectivity index (χ1) is 16.2. The van der Waals surface area contributed by atoms with E-state index in [0.29, 0.717) is 49.0 Å². The van der Waals surface area contributed by atoms with E-state index in [-0.39, 0.29) is 41.0 Å². The van der Waals surface area contributed by atoms with E-state index in [1.807, 2.05) is 0 Å². The highest BCUT2D eigenvalue weighted by Crippen LogP contribution is 2.69. The summed E-state index contributed by atoms with van der Waals surface area (Å²) in [4.78, 5) is 35.1. The Bertz CT molecular complexity index is 774. The second-order valence-corrected chi connectivity index (χ2v) is 12.1. The molecule has 4 fully saturated rings. The van der Waals surface area contributed by atoms with Gasteiger partial charge in [0, 0.05) is 23.8 Å². The fraction of sp³-hybridized carbons (Fsp3) is 0.889. The first-order valence-electron chi connectivity index (χ1n) is 13.2. The van der Waals surface area contributed by atoms with Crippen molar-refractivity contribution in [3.05, 3.63) is 0 Å². The van der Waals surface area contributed by atoms with E-state index in [9.17, 15) is 14.4 Å². The van der Waals surface area contributed by atoms with Gasteiger partial charge in [-0.15, -0.1) is 0 Å². The first kappa shape index (κ1) is 25.5. The lowest BCUT2D eigenvalue weighted by molar-refractivity contribution is -0.214. The van der Waals surface area contributed by atoms with E-state index in [1.165, 1.54) is 7.11 Å². The standard InChI is InChI=1S/C27H43NO6/c1-16(5-8-24(31)32-4)19-6-7-20-25-21(13-23(34-15-30)27(19,20)3)26(2)10-9-18(28)11-17(26)12-22(25)33-14-29/h14-23,25H,5-13,28H2,1-4H3/t16-,17+,18-,19-,20+,21+,22-,23+,25+,26+,27-/m1/s1. The quantitative estimate of drug-likeness (QED) is 0.321. The number of hydrogen-bond donors (Lipinski definition) is 1. The minimum Gasteiger partial charge on any atom is -0.469 e. The summed E-state index contributed by atoms with van der Waals surface area (Å²) in [5.41, 5.74) is 6.27. The van der Waals surface area contributed by atoms with E-state index in [1.54, 1.807) is 0 Å². The second kappa shape index (κ2) is 9.79. The van der Waals surface area contributed by atoms with Crippen molar-refractivity contribution in [2.24, 2.45) is 52.1 Å². The van der Waals surface area contributed by atoms with E-state index >= 15 is 0 Å². The number of fused-ring (bicyclic) bond motifs is 5. The summed E-state index contributed by atoms with van der Waals surface area (Å²) in [5.74, 6) is 1.76. The van der Waals surface area contributed by atoms with Crippen LogP contribution in [0.3, 0.4) is 0 Å². The smallest absolute Gasteiger partial charge is 0.305 e. The van der Waals surface area contributed by atoms with Gasteiger partial charge in [-0.05, 0) is 86.4 Å². The lowest BCUT2D eigenvalue weighted by atomic mass is 9.43. The molecular weight excluding hydrogens is 434 g/mol. The lowest BCUT2D eigenvalue weighted by Crippen LogP contribution is -2.63. The minimum absolute atomic E-state index is 0.114. The average molecular weight is 478 g/mol. The lowest BCUT2D eigenvalue weighted by Gasteiger charge is -2.64. The number of hydrogen-bond acceptors (Lipinski definition) is 7. The van der Waals surface area contributed by atoms with Crippen LogP contribution in [0.4, 0.5) is 0 Å². The van der Waals surface area contributed by atoms with Crippen LogP contribution >= 0.6 is 0 Å². The molecule has 0 amide bonds. The number of esters is 1. The maximum Gasteiger partial charge on any atom is 0.305 e. The van der Waals surface area contributed by atoms with Crippen molar-refractivity contribution in [1.82, 2.24) is 0 Å². The highest BCUT2D eigenvalue weighted by Gasteiger charge is 2.67. The molecule has 4 rings (SSSR count). The summed E-state index contributed by atoms with van der Waals surface area (Å²) >= 11 is 0. The fourth-order valence-corrected chi connectivity index (χ4v) is 9.27. The van der Waals surface area contributed by atoms with Crippen molar-refractivity contribution in [3.8, 4) is 0 Å². The van der Waals surface area contributed by atoms with Gasteiger partial charge in [-0.2, -0.15) is 0 Å². The number of ether oxygens (including phenoxy) is 3. The van der Waals surface area contributed by atoms with Crippen LogP contribution in [0.1, 0.15) is 78.6 Å². The molecule has 0 aliphatic heterocycles. The Morgan fingerprint density at radius 2 is 1.79 bits per heavy atom. The van der Waals surface area contributed by atoms with Gasteiger partial charge in [0.05, 0.1) is 7.11 Å². The molecule has 192 valence electrons. The van der Waals surface area contributed by atoms with Crippen LogP contribution in [0.25, 0.3) is 0 Å². The molecule has 0 aromatic heterocycles. The molecule has 4 aliphatic carbocycles. The maximum absolute atomic E-state index is 11.8. The van der Waals surface area contributed by atoms with Crippen molar-refractivity contribution in [2.45, 2.75) is 96.8 Å². The first-order valence-corrected chi connectivity index (χ1v) is 13.2. The highest BCUT2D eigenvalue weighted by molar-refractivity contribution is 5.69. The molecule has 0 aromatic carbocycles. The van der Waals surface area contributed by atoms with E-state index in [2.05, 4.69) is 20.8 Å². The molecule has 0 aromatic rings. The SMILES string of the molecule is COC(=O)CC[C@@H](C)[C@H]1CC[C@H]2[C@@H]3[C@H](OC=O)C[C@@H]4C[C@H](N)CC[C@]4(C)[C@H]3C[C@H](OC=O)[C@]12C.